The summed E-state index contributed by atoms with van der Waals surface area (Å²) in [4.78, 5) is 21.7. The second-order valence-corrected chi connectivity index (χ2v) is 4.96. The van der Waals surface area contributed by atoms with Crippen LogP contribution in [0.15, 0.2) is 18.2 Å². The molecule has 0 spiro atoms. The van der Waals surface area contributed by atoms with Crippen LogP contribution >= 0.6 is 0 Å². The number of nitrogens with zero attached hydrogens (tertiary/aromatic N) is 1. The van der Waals surface area contributed by atoms with Crippen molar-refractivity contribution in [3.63, 3.8) is 0 Å². The molecule has 0 aromatic heterocycles. The maximum atomic E-state index is 11.5. The third-order valence-electron chi connectivity index (χ3n) is 3.50. The first kappa shape index (κ1) is 13.5. The zero-order valence-corrected chi connectivity index (χ0v) is 10.9. The molecule has 1 fully saturated rings. The van der Waals surface area contributed by atoms with Crippen molar-refractivity contribution in [2.75, 3.05) is 6.61 Å². The number of ether oxygens (including phenoxy) is 1. The first-order valence-corrected chi connectivity index (χ1v) is 6.50. The Morgan fingerprint density at radius 1 is 1.42 bits per heavy atom. The lowest BCUT2D eigenvalue weighted by Gasteiger charge is -2.13. The number of ketones is 1. The van der Waals surface area contributed by atoms with Gasteiger partial charge in [0.05, 0.1) is 17.1 Å². The molecule has 0 saturated heterocycles. The predicted octanol–water partition coefficient (Wildman–Crippen LogP) is 3.37. The third-order valence-corrected chi connectivity index (χ3v) is 3.50. The molecule has 0 bridgehead atoms. The highest BCUT2D eigenvalue weighted by molar-refractivity contribution is 5.97. The molecule has 1 aromatic carbocycles. The van der Waals surface area contributed by atoms with E-state index in [1.807, 2.05) is 0 Å². The Balaban J connectivity index is 2.14. The molecule has 1 saturated carbocycles. The summed E-state index contributed by atoms with van der Waals surface area (Å²) in [6.45, 7) is 1.97. The van der Waals surface area contributed by atoms with E-state index in [1.165, 1.54) is 38.0 Å². The Morgan fingerprint density at radius 3 is 2.68 bits per heavy atom. The number of hydrogen-bond donors (Lipinski definition) is 0. The lowest BCUT2D eigenvalue weighted by molar-refractivity contribution is -0.384. The number of rotatable bonds is 5. The van der Waals surface area contributed by atoms with Crippen molar-refractivity contribution >= 4 is 11.5 Å². The van der Waals surface area contributed by atoms with Crippen LogP contribution in [0, 0.1) is 16.0 Å². The first-order valence-electron chi connectivity index (χ1n) is 6.50. The number of nitro groups is 1. The van der Waals surface area contributed by atoms with Gasteiger partial charge in [0.2, 0.25) is 0 Å². The molecular formula is C14H17NO4. The van der Waals surface area contributed by atoms with Gasteiger partial charge in [-0.15, -0.1) is 0 Å². The Kier molecular flexibility index (Phi) is 4.14. The van der Waals surface area contributed by atoms with Crippen LogP contribution in [0.5, 0.6) is 5.75 Å². The minimum absolute atomic E-state index is 0.0848. The molecular weight excluding hydrogens is 246 g/mol. The number of benzene rings is 1. The van der Waals surface area contributed by atoms with Crippen molar-refractivity contribution in [1.29, 1.82) is 0 Å². The van der Waals surface area contributed by atoms with E-state index in [-0.39, 0.29) is 17.0 Å². The average molecular weight is 263 g/mol. The Bertz CT molecular complexity index is 492. The van der Waals surface area contributed by atoms with Gasteiger partial charge in [-0.1, -0.05) is 12.8 Å². The maximum absolute atomic E-state index is 11.5. The Hall–Kier alpha value is -1.91. The fourth-order valence-corrected chi connectivity index (χ4v) is 2.42. The molecule has 0 atom stereocenters. The van der Waals surface area contributed by atoms with Gasteiger partial charge in [0.25, 0.3) is 5.69 Å². The molecule has 0 amide bonds. The fourth-order valence-electron chi connectivity index (χ4n) is 2.42. The minimum Gasteiger partial charge on any atom is -0.493 e. The summed E-state index contributed by atoms with van der Waals surface area (Å²) in [6.07, 6.45) is 4.77. The summed E-state index contributed by atoms with van der Waals surface area (Å²) >= 11 is 0. The second-order valence-electron chi connectivity index (χ2n) is 4.96. The van der Waals surface area contributed by atoms with E-state index in [2.05, 4.69) is 0 Å². The fraction of sp³-hybridized carbons (Fsp3) is 0.500. The molecule has 0 N–H and O–H groups in total. The quantitative estimate of drug-likeness (QED) is 0.464. The number of carbonyl (C=O) groups is 1. The number of carbonyl (C=O) groups excluding carboxylic acids is 1. The highest BCUT2D eigenvalue weighted by Gasteiger charge is 2.18. The van der Waals surface area contributed by atoms with Crippen LogP contribution in [0.4, 0.5) is 5.69 Å². The highest BCUT2D eigenvalue weighted by atomic mass is 16.6. The van der Waals surface area contributed by atoms with Crippen LogP contribution in [0.3, 0.4) is 0 Å². The number of Topliss-reactive ketones (excluding diaryl/α,β-unsaturated/α-hetero) is 1. The van der Waals surface area contributed by atoms with E-state index in [0.717, 1.165) is 12.8 Å². The van der Waals surface area contributed by atoms with E-state index in [0.29, 0.717) is 18.3 Å². The monoisotopic (exact) mass is 263 g/mol. The van der Waals surface area contributed by atoms with Gasteiger partial charge >= 0.3 is 0 Å². The van der Waals surface area contributed by atoms with Crippen LogP contribution in [0.2, 0.25) is 0 Å². The zero-order chi connectivity index (χ0) is 13.8. The summed E-state index contributed by atoms with van der Waals surface area (Å²) in [5.74, 6) is 0.769. The molecule has 0 aliphatic heterocycles. The molecule has 102 valence electrons. The van der Waals surface area contributed by atoms with Crippen LogP contribution in [-0.4, -0.2) is 17.3 Å². The lowest BCUT2D eigenvalue weighted by atomic mass is 10.1. The van der Waals surface area contributed by atoms with Crippen LogP contribution in [-0.2, 0) is 0 Å². The molecule has 19 heavy (non-hydrogen) atoms. The van der Waals surface area contributed by atoms with E-state index in [4.69, 9.17) is 4.74 Å². The Labute approximate surface area is 111 Å². The molecule has 1 aliphatic carbocycles. The van der Waals surface area contributed by atoms with E-state index < -0.39 is 4.92 Å². The first-order chi connectivity index (χ1) is 9.08. The molecule has 2 rings (SSSR count). The van der Waals surface area contributed by atoms with Crippen molar-refractivity contribution in [3.8, 4) is 5.75 Å². The zero-order valence-electron chi connectivity index (χ0n) is 10.9. The van der Waals surface area contributed by atoms with E-state index in [9.17, 15) is 14.9 Å². The smallest absolute Gasteiger partial charge is 0.270 e. The molecule has 1 aromatic rings. The summed E-state index contributed by atoms with van der Waals surface area (Å²) in [5.41, 5.74) is 0.200. The molecule has 5 nitrogen and oxygen atoms in total. The predicted molar refractivity (Wildman–Crippen MR) is 70.6 cm³/mol. The minimum atomic E-state index is -0.507. The number of non-ortho nitro benzene ring substituents is 1. The largest absolute Gasteiger partial charge is 0.493 e. The van der Waals surface area contributed by atoms with Crippen molar-refractivity contribution in [2.45, 2.75) is 32.6 Å². The SMILES string of the molecule is CC(=O)c1cc([N+](=O)[O-])ccc1OCC1CCCC1. The molecule has 0 unspecified atom stereocenters. The Morgan fingerprint density at radius 2 is 2.11 bits per heavy atom. The van der Waals surface area contributed by atoms with Gasteiger partial charge in [0, 0.05) is 12.1 Å². The van der Waals surface area contributed by atoms with Gasteiger partial charge in [-0.25, -0.2) is 0 Å². The van der Waals surface area contributed by atoms with E-state index in [1.54, 1.807) is 0 Å². The summed E-state index contributed by atoms with van der Waals surface area (Å²) in [6, 6.07) is 4.17. The normalized spacial score (nSPS) is 15.4. The van der Waals surface area contributed by atoms with Crippen molar-refractivity contribution in [3.05, 3.63) is 33.9 Å². The van der Waals surface area contributed by atoms with Crippen molar-refractivity contribution < 1.29 is 14.5 Å². The second kappa shape index (κ2) is 5.82. The van der Waals surface area contributed by atoms with Crippen LogP contribution in [0.25, 0.3) is 0 Å². The maximum Gasteiger partial charge on any atom is 0.270 e. The van der Waals surface area contributed by atoms with Crippen LogP contribution < -0.4 is 4.74 Å². The van der Waals surface area contributed by atoms with Crippen LogP contribution in [0.1, 0.15) is 43.0 Å². The highest BCUT2D eigenvalue weighted by Crippen LogP contribution is 2.28. The standard InChI is InChI=1S/C14H17NO4/c1-10(16)13-8-12(15(17)18)6-7-14(13)19-9-11-4-2-3-5-11/h6-8,11H,2-5,9H2,1H3. The summed E-state index contributed by atoms with van der Waals surface area (Å²) < 4.78 is 5.67. The van der Waals surface area contributed by atoms with Gasteiger partial charge in [-0.2, -0.15) is 0 Å². The molecule has 0 radical (unpaired) electrons. The molecule has 0 heterocycles. The van der Waals surface area contributed by atoms with Gasteiger partial charge in [-0.3, -0.25) is 14.9 Å². The van der Waals surface area contributed by atoms with Crippen molar-refractivity contribution in [2.24, 2.45) is 5.92 Å². The number of nitro benzene ring substituents is 1. The summed E-state index contributed by atoms with van der Waals surface area (Å²) in [7, 11) is 0. The van der Waals surface area contributed by atoms with Crippen molar-refractivity contribution in [1.82, 2.24) is 0 Å². The van der Waals surface area contributed by atoms with Gasteiger partial charge in [0.15, 0.2) is 5.78 Å². The van der Waals surface area contributed by atoms with E-state index >= 15 is 0 Å². The van der Waals surface area contributed by atoms with Gasteiger partial charge < -0.3 is 4.74 Å². The molecule has 5 heteroatoms. The lowest BCUT2D eigenvalue weighted by Crippen LogP contribution is -2.10. The number of hydrogen-bond acceptors (Lipinski definition) is 4. The summed E-state index contributed by atoms with van der Waals surface area (Å²) in [5, 5.41) is 10.7. The third kappa shape index (κ3) is 3.30. The average Bonchev–Trinajstić information content (AvgIpc) is 2.89. The topological polar surface area (TPSA) is 69.4 Å². The van der Waals surface area contributed by atoms with Gasteiger partial charge in [0.1, 0.15) is 5.75 Å². The van der Waals surface area contributed by atoms with Gasteiger partial charge in [-0.05, 0) is 31.7 Å². The molecule has 1 aliphatic rings.